The van der Waals surface area contributed by atoms with E-state index in [0.29, 0.717) is 5.92 Å². The van der Waals surface area contributed by atoms with Crippen LogP contribution in [-0.2, 0) is 0 Å². The number of nitrogens with zero attached hydrogens (tertiary/aromatic N) is 1. The standard InChI is InChI=1S/C7H15N3/c1-3-7(2)4-5-9-6-10-8/h4-7H,3,8H2,1-2H3,(H,9,10)/b5-4+. The SMILES string of the molecule is CCC(C)/C=C/N=CNN. The molecule has 0 aliphatic heterocycles. The smallest absolute Gasteiger partial charge is 0.102 e. The van der Waals surface area contributed by atoms with Crippen molar-refractivity contribution in [3.63, 3.8) is 0 Å². The van der Waals surface area contributed by atoms with Crippen LogP contribution in [0.15, 0.2) is 17.3 Å². The second-order valence-electron chi connectivity index (χ2n) is 2.17. The highest BCUT2D eigenvalue weighted by atomic mass is 15.2. The Bertz CT molecular complexity index is 118. The van der Waals surface area contributed by atoms with E-state index in [9.17, 15) is 0 Å². The van der Waals surface area contributed by atoms with Crippen LogP contribution in [0.3, 0.4) is 0 Å². The molecule has 0 aliphatic carbocycles. The van der Waals surface area contributed by atoms with Gasteiger partial charge >= 0.3 is 0 Å². The van der Waals surface area contributed by atoms with Gasteiger partial charge in [0, 0.05) is 6.20 Å². The lowest BCUT2D eigenvalue weighted by Crippen LogP contribution is -2.18. The van der Waals surface area contributed by atoms with Crippen molar-refractivity contribution >= 4 is 6.34 Å². The highest BCUT2D eigenvalue weighted by molar-refractivity contribution is 5.53. The highest BCUT2D eigenvalue weighted by Gasteiger charge is 1.87. The Morgan fingerprint density at radius 1 is 1.70 bits per heavy atom. The third-order valence-corrected chi connectivity index (χ3v) is 1.29. The maximum Gasteiger partial charge on any atom is 0.102 e. The number of rotatable bonds is 4. The van der Waals surface area contributed by atoms with Gasteiger partial charge in [-0.1, -0.05) is 26.3 Å². The van der Waals surface area contributed by atoms with E-state index in [-0.39, 0.29) is 0 Å². The Kier molecular flexibility index (Phi) is 5.77. The molecule has 0 amide bonds. The van der Waals surface area contributed by atoms with Crippen molar-refractivity contribution in [2.45, 2.75) is 20.3 Å². The molecule has 10 heavy (non-hydrogen) atoms. The number of nitrogens with two attached hydrogens (primary N) is 1. The first kappa shape index (κ1) is 9.17. The molecule has 0 saturated carbocycles. The molecule has 0 radical (unpaired) electrons. The van der Waals surface area contributed by atoms with E-state index in [2.05, 4.69) is 24.3 Å². The third-order valence-electron chi connectivity index (χ3n) is 1.29. The summed E-state index contributed by atoms with van der Waals surface area (Å²) in [4.78, 5) is 3.84. The van der Waals surface area contributed by atoms with Gasteiger partial charge in [0.1, 0.15) is 6.34 Å². The molecule has 0 bridgehead atoms. The van der Waals surface area contributed by atoms with Gasteiger partial charge < -0.3 is 5.43 Å². The average molecular weight is 141 g/mol. The minimum absolute atomic E-state index is 0.593. The summed E-state index contributed by atoms with van der Waals surface area (Å²) in [6, 6.07) is 0. The number of hydrazine groups is 1. The van der Waals surface area contributed by atoms with Crippen LogP contribution in [0, 0.1) is 5.92 Å². The largest absolute Gasteiger partial charge is 0.315 e. The van der Waals surface area contributed by atoms with Gasteiger partial charge in [-0.25, -0.2) is 10.8 Å². The first-order chi connectivity index (χ1) is 4.81. The van der Waals surface area contributed by atoms with Crippen molar-refractivity contribution in [1.82, 2.24) is 5.43 Å². The number of hydrogen-bond acceptors (Lipinski definition) is 2. The van der Waals surface area contributed by atoms with Gasteiger partial charge in [0.05, 0.1) is 0 Å². The second-order valence-corrected chi connectivity index (χ2v) is 2.17. The van der Waals surface area contributed by atoms with E-state index in [4.69, 9.17) is 5.84 Å². The van der Waals surface area contributed by atoms with Crippen LogP contribution in [0.4, 0.5) is 0 Å². The van der Waals surface area contributed by atoms with E-state index in [1.807, 2.05) is 6.08 Å². The molecule has 0 rings (SSSR count). The monoisotopic (exact) mass is 141 g/mol. The van der Waals surface area contributed by atoms with Crippen molar-refractivity contribution in [2.75, 3.05) is 0 Å². The first-order valence-corrected chi connectivity index (χ1v) is 3.45. The van der Waals surface area contributed by atoms with Gasteiger partial charge in [0.2, 0.25) is 0 Å². The fourth-order valence-electron chi connectivity index (χ4n) is 0.419. The Morgan fingerprint density at radius 3 is 2.90 bits per heavy atom. The predicted molar refractivity (Wildman–Crippen MR) is 44.4 cm³/mol. The normalized spacial score (nSPS) is 14.7. The number of aliphatic imine (C=N–C) groups is 1. The van der Waals surface area contributed by atoms with Crippen LogP contribution in [0.5, 0.6) is 0 Å². The highest BCUT2D eigenvalue weighted by Crippen LogP contribution is 2.00. The Hall–Kier alpha value is -0.830. The van der Waals surface area contributed by atoms with Gasteiger partial charge in [-0.15, -0.1) is 0 Å². The molecule has 3 nitrogen and oxygen atoms in total. The lowest BCUT2D eigenvalue weighted by Gasteiger charge is -1.96. The van der Waals surface area contributed by atoms with Crippen LogP contribution < -0.4 is 11.3 Å². The van der Waals surface area contributed by atoms with Gasteiger partial charge in [0.15, 0.2) is 0 Å². The zero-order chi connectivity index (χ0) is 7.82. The number of allylic oxidation sites excluding steroid dienone is 1. The molecular weight excluding hydrogens is 126 g/mol. The van der Waals surface area contributed by atoms with Crippen molar-refractivity contribution in [3.05, 3.63) is 12.3 Å². The molecule has 0 aromatic heterocycles. The van der Waals surface area contributed by atoms with Gasteiger partial charge in [0.25, 0.3) is 0 Å². The zero-order valence-corrected chi connectivity index (χ0v) is 6.54. The van der Waals surface area contributed by atoms with Crippen molar-refractivity contribution in [1.29, 1.82) is 0 Å². The molecule has 3 heteroatoms. The van der Waals surface area contributed by atoms with Crippen LogP contribution in [-0.4, -0.2) is 6.34 Å². The van der Waals surface area contributed by atoms with Crippen LogP contribution >= 0.6 is 0 Å². The summed E-state index contributed by atoms with van der Waals surface area (Å²) in [7, 11) is 0. The summed E-state index contributed by atoms with van der Waals surface area (Å²) in [5, 5.41) is 0. The van der Waals surface area contributed by atoms with E-state index >= 15 is 0 Å². The fraction of sp³-hybridized carbons (Fsp3) is 0.571. The summed E-state index contributed by atoms with van der Waals surface area (Å²) >= 11 is 0. The molecule has 0 aliphatic rings. The summed E-state index contributed by atoms with van der Waals surface area (Å²) < 4.78 is 0. The summed E-state index contributed by atoms with van der Waals surface area (Å²) in [5.41, 5.74) is 2.32. The quantitative estimate of drug-likeness (QED) is 0.266. The van der Waals surface area contributed by atoms with Gasteiger partial charge in [-0.05, 0) is 5.92 Å². The van der Waals surface area contributed by atoms with E-state index in [1.54, 1.807) is 6.20 Å². The number of nitrogens with one attached hydrogen (secondary N) is 1. The topological polar surface area (TPSA) is 50.4 Å². The molecule has 58 valence electrons. The predicted octanol–water partition coefficient (Wildman–Crippen LogP) is 1.04. The summed E-state index contributed by atoms with van der Waals surface area (Å²) in [6.45, 7) is 4.28. The molecular formula is C7H15N3. The number of hydrogen-bond donors (Lipinski definition) is 2. The average Bonchev–Trinajstić information content (AvgIpc) is 1.98. The molecule has 0 heterocycles. The van der Waals surface area contributed by atoms with Gasteiger partial charge in [-0.2, -0.15) is 0 Å². The van der Waals surface area contributed by atoms with Crippen molar-refractivity contribution in [3.8, 4) is 0 Å². The minimum Gasteiger partial charge on any atom is -0.315 e. The van der Waals surface area contributed by atoms with E-state index in [1.165, 1.54) is 6.34 Å². The molecule has 1 unspecified atom stereocenters. The molecule has 0 aromatic rings. The maximum atomic E-state index is 4.94. The molecule has 0 aromatic carbocycles. The van der Waals surface area contributed by atoms with Crippen molar-refractivity contribution in [2.24, 2.45) is 16.8 Å². The van der Waals surface area contributed by atoms with Crippen LogP contribution in [0.2, 0.25) is 0 Å². The van der Waals surface area contributed by atoms with Gasteiger partial charge in [-0.3, -0.25) is 0 Å². The Morgan fingerprint density at radius 2 is 2.40 bits per heavy atom. The fourth-order valence-corrected chi connectivity index (χ4v) is 0.419. The Labute approximate surface area is 62.0 Å². The lowest BCUT2D eigenvalue weighted by atomic mass is 10.1. The second kappa shape index (κ2) is 6.29. The minimum atomic E-state index is 0.593. The lowest BCUT2D eigenvalue weighted by molar-refractivity contribution is 0.697. The maximum absolute atomic E-state index is 4.94. The summed E-state index contributed by atoms with van der Waals surface area (Å²) in [6.07, 6.45) is 6.36. The molecule has 0 fully saturated rings. The molecule has 0 saturated heterocycles. The molecule has 3 N–H and O–H groups in total. The van der Waals surface area contributed by atoms with E-state index in [0.717, 1.165) is 6.42 Å². The van der Waals surface area contributed by atoms with E-state index < -0.39 is 0 Å². The summed E-state index contributed by atoms with van der Waals surface area (Å²) in [5.74, 6) is 5.54. The molecule has 1 atom stereocenters. The third kappa shape index (κ3) is 5.31. The molecule has 0 spiro atoms. The van der Waals surface area contributed by atoms with Crippen molar-refractivity contribution < 1.29 is 0 Å². The zero-order valence-electron chi connectivity index (χ0n) is 6.54. The van der Waals surface area contributed by atoms with Crippen LogP contribution in [0.1, 0.15) is 20.3 Å². The first-order valence-electron chi connectivity index (χ1n) is 3.45. The Balaban J connectivity index is 3.44. The van der Waals surface area contributed by atoms with Crippen LogP contribution in [0.25, 0.3) is 0 Å².